The Morgan fingerprint density at radius 2 is 2.07 bits per heavy atom. The van der Waals surface area contributed by atoms with E-state index in [1.807, 2.05) is 25.1 Å². The van der Waals surface area contributed by atoms with Crippen molar-refractivity contribution in [2.75, 3.05) is 7.05 Å². The topological polar surface area (TPSA) is 42.0 Å². The van der Waals surface area contributed by atoms with Gasteiger partial charge in [-0.15, -0.1) is 0 Å². The molecule has 3 nitrogen and oxygen atoms in total. The summed E-state index contributed by atoms with van der Waals surface area (Å²) >= 11 is 0. The van der Waals surface area contributed by atoms with E-state index in [0.717, 1.165) is 16.3 Å². The van der Waals surface area contributed by atoms with Crippen LogP contribution in [0.2, 0.25) is 0 Å². The van der Waals surface area contributed by atoms with Crippen molar-refractivity contribution < 1.29 is 4.79 Å². The second-order valence-electron chi connectivity index (χ2n) is 3.44. The number of aryl methyl sites for hydroxylation is 1. The molecule has 0 aliphatic rings. The Balaban J connectivity index is 2.77. The van der Waals surface area contributed by atoms with Crippen LogP contribution >= 0.6 is 0 Å². The number of hydrogen-bond donors (Lipinski definition) is 1. The number of pyridine rings is 1. The molecule has 0 aliphatic heterocycles. The van der Waals surface area contributed by atoms with Crippen molar-refractivity contribution in [1.82, 2.24) is 10.3 Å². The van der Waals surface area contributed by atoms with Crippen molar-refractivity contribution in [1.29, 1.82) is 0 Å². The zero-order chi connectivity index (χ0) is 10.8. The first-order chi connectivity index (χ1) is 7.24. The maximum absolute atomic E-state index is 11.6. The van der Waals surface area contributed by atoms with Crippen molar-refractivity contribution >= 4 is 16.7 Å². The van der Waals surface area contributed by atoms with E-state index in [1.165, 1.54) is 0 Å². The Hall–Kier alpha value is -1.90. The van der Waals surface area contributed by atoms with Gasteiger partial charge < -0.3 is 5.32 Å². The van der Waals surface area contributed by atoms with Crippen LogP contribution in [0.5, 0.6) is 0 Å². The molecule has 0 radical (unpaired) electrons. The van der Waals surface area contributed by atoms with Crippen LogP contribution in [-0.2, 0) is 0 Å². The van der Waals surface area contributed by atoms with Crippen LogP contribution in [0.15, 0.2) is 30.6 Å². The molecule has 2 rings (SSSR count). The third-order valence-electron chi connectivity index (χ3n) is 2.49. The summed E-state index contributed by atoms with van der Waals surface area (Å²) in [5.74, 6) is -0.0984. The van der Waals surface area contributed by atoms with Crippen molar-refractivity contribution in [2.24, 2.45) is 0 Å². The number of aromatic nitrogens is 1. The number of benzene rings is 1. The zero-order valence-electron chi connectivity index (χ0n) is 8.74. The Morgan fingerprint density at radius 1 is 1.27 bits per heavy atom. The van der Waals surface area contributed by atoms with Gasteiger partial charge >= 0.3 is 0 Å². The predicted octanol–water partition coefficient (Wildman–Crippen LogP) is 1.90. The summed E-state index contributed by atoms with van der Waals surface area (Å²) in [7, 11) is 1.62. The van der Waals surface area contributed by atoms with Gasteiger partial charge in [0.15, 0.2) is 0 Å². The summed E-state index contributed by atoms with van der Waals surface area (Å²) in [4.78, 5) is 15.7. The molecule has 0 saturated heterocycles. The van der Waals surface area contributed by atoms with Crippen LogP contribution in [0.1, 0.15) is 15.9 Å². The third-order valence-corrected chi connectivity index (χ3v) is 2.49. The Kier molecular flexibility index (Phi) is 2.37. The van der Waals surface area contributed by atoms with Crippen molar-refractivity contribution in [3.8, 4) is 0 Å². The number of rotatable bonds is 1. The Bertz CT molecular complexity index is 520. The van der Waals surface area contributed by atoms with Gasteiger partial charge in [-0.25, -0.2) is 0 Å². The molecule has 2 aromatic rings. The highest BCUT2D eigenvalue weighted by molar-refractivity contribution is 6.07. The van der Waals surface area contributed by atoms with Gasteiger partial charge in [-0.2, -0.15) is 0 Å². The molecule has 0 atom stereocenters. The number of carbonyl (C=O) groups is 1. The minimum atomic E-state index is -0.0984. The molecule has 0 saturated carbocycles. The number of hydrogen-bond acceptors (Lipinski definition) is 2. The van der Waals surface area contributed by atoms with Crippen LogP contribution in [0.25, 0.3) is 10.8 Å². The van der Waals surface area contributed by atoms with E-state index in [2.05, 4.69) is 10.3 Å². The maximum Gasteiger partial charge on any atom is 0.253 e. The summed E-state index contributed by atoms with van der Waals surface area (Å²) in [5.41, 5.74) is 1.75. The van der Waals surface area contributed by atoms with Gasteiger partial charge in [0, 0.05) is 24.8 Å². The molecule has 0 spiro atoms. The van der Waals surface area contributed by atoms with Gasteiger partial charge in [0.05, 0.1) is 5.56 Å². The van der Waals surface area contributed by atoms with Crippen molar-refractivity contribution in [3.05, 3.63) is 41.7 Å². The minimum Gasteiger partial charge on any atom is -0.355 e. The molecule has 76 valence electrons. The highest BCUT2D eigenvalue weighted by Gasteiger charge is 2.08. The molecule has 3 heteroatoms. The fourth-order valence-corrected chi connectivity index (χ4v) is 1.66. The van der Waals surface area contributed by atoms with Gasteiger partial charge in [0.25, 0.3) is 5.91 Å². The molecule has 1 N–H and O–H groups in total. The van der Waals surface area contributed by atoms with Crippen molar-refractivity contribution in [3.63, 3.8) is 0 Å². The van der Waals surface area contributed by atoms with Crippen molar-refractivity contribution in [2.45, 2.75) is 6.92 Å². The molecule has 1 aromatic heterocycles. The predicted molar refractivity (Wildman–Crippen MR) is 59.9 cm³/mol. The lowest BCUT2D eigenvalue weighted by molar-refractivity contribution is 0.0964. The molecular formula is C12H12N2O. The fraction of sp³-hybridized carbons (Fsp3) is 0.167. The highest BCUT2D eigenvalue weighted by Crippen LogP contribution is 2.20. The number of nitrogens with one attached hydrogen (secondary N) is 1. The second kappa shape index (κ2) is 3.69. The number of carbonyl (C=O) groups excluding carboxylic acids is 1. The lowest BCUT2D eigenvalue weighted by Crippen LogP contribution is -2.18. The van der Waals surface area contributed by atoms with Crippen LogP contribution in [0.3, 0.4) is 0 Å². The van der Waals surface area contributed by atoms with Gasteiger partial charge in [-0.3, -0.25) is 9.78 Å². The SMILES string of the molecule is CNC(=O)c1cncc2c(C)cccc12. The van der Waals surface area contributed by atoms with E-state index in [0.29, 0.717) is 5.56 Å². The maximum atomic E-state index is 11.6. The van der Waals surface area contributed by atoms with E-state index in [4.69, 9.17) is 0 Å². The number of nitrogens with zero attached hydrogens (tertiary/aromatic N) is 1. The summed E-state index contributed by atoms with van der Waals surface area (Å²) in [6.45, 7) is 2.01. The first-order valence-corrected chi connectivity index (χ1v) is 4.79. The molecule has 0 fully saturated rings. The van der Waals surface area contributed by atoms with Crippen LogP contribution in [0, 0.1) is 6.92 Å². The quantitative estimate of drug-likeness (QED) is 0.764. The molecule has 0 unspecified atom stereocenters. The van der Waals surface area contributed by atoms with E-state index in [-0.39, 0.29) is 5.91 Å². The second-order valence-corrected chi connectivity index (χ2v) is 3.44. The zero-order valence-corrected chi connectivity index (χ0v) is 8.74. The van der Waals surface area contributed by atoms with Crippen LogP contribution in [0.4, 0.5) is 0 Å². The number of amides is 1. The molecule has 1 aromatic carbocycles. The molecular weight excluding hydrogens is 188 g/mol. The van der Waals surface area contributed by atoms with E-state index >= 15 is 0 Å². The molecule has 15 heavy (non-hydrogen) atoms. The Morgan fingerprint density at radius 3 is 2.80 bits per heavy atom. The number of fused-ring (bicyclic) bond motifs is 1. The lowest BCUT2D eigenvalue weighted by atomic mass is 10.0. The average Bonchev–Trinajstić information content (AvgIpc) is 2.28. The highest BCUT2D eigenvalue weighted by atomic mass is 16.1. The first kappa shape index (κ1) is 9.65. The summed E-state index contributed by atoms with van der Waals surface area (Å²) in [5, 5.41) is 4.59. The van der Waals surface area contributed by atoms with Gasteiger partial charge in [-0.1, -0.05) is 18.2 Å². The molecule has 0 bridgehead atoms. The van der Waals surface area contributed by atoms with Crippen LogP contribution < -0.4 is 5.32 Å². The largest absolute Gasteiger partial charge is 0.355 e. The average molecular weight is 200 g/mol. The normalized spacial score (nSPS) is 10.3. The van der Waals surface area contributed by atoms with Gasteiger partial charge in [0.2, 0.25) is 0 Å². The minimum absolute atomic E-state index is 0.0984. The van der Waals surface area contributed by atoms with Gasteiger partial charge in [0.1, 0.15) is 0 Å². The summed E-state index contributed by atoms with van der Waals surface area (Å²) < 4.78 is 0. The van der Waals surface area contributed by atoms with Gasteiger partial charge in [-0.05, 0) is 17.9 Å². The van der Waals surface area contributed by atoms with E-state index in [1.54, 1.807) is 19.4 Å². The summed E-state index contributed by atoms with van der Waals surface area (Å²) in [6.07, 6.45) is 3.39. The Labute approximate surface area is 88.1 Å². The molecule has 0 aliphatic carbocycles. The third kappa shape index (κ3) is 1.56. The summed E-state index contributed by atoms with van der Waals surface area (Å²) in [6, 6.07) is 5.90. The molecule has 1 amide bonds. The van der Waals surface area contributed by atoms with Crippen LogP contribution in [-0.4, -0.2) is 17.9 Å². The lowest BCUT2D eigenvalue weighted by Gasteiger charge is -2.06. The molecule has 1 heterocycles. The van der Waals surface area contributed by atoms with E-state index < -0.39 is 0 Å². The van der Waals surface area contributed by atoms with E-state index in [9.17, 15) is 4.79 Å². The monoisotopic (exact) mass is 200 g/mol. The smallest absolute Gasteiger partial charge is 0.253 e. The standard InChI is InChI=1S/C12H12N2O/c1-8-4-3-5-9-10(8)6-14-7-11(9)12(15)13-2/h3-7H,1-2H3,(H,13,15). The first-order valence-electron chi connectivity index (χ1n) is 4.79. The fourth-order valence-electron chi connectivity index (χ4n) is 1.66.